The Kier molecular flexibility index (Phi) is 6.44. The van der Waals surface area contributed by atoms with Crippen molar-refractivity contribution < 1.29 is 36.2 Å². The van der Waals surface area contributed by atoms with Gasteiger partial charge in [-0.1, -0.05) is 23.2 Å². The first-order valence-corrected chi connectivity index (χ1v) is 11.3. The van der Waals surface area contributed by atoms with Gasteiger partial charge >= 0.3 is 18.4 Å². The van der Waals surface area contributed by atoms with Gasteiger partial charge in [0.2, 0.25) is 0 Å². The molecule has 1 aromatic heterocycles. The van der Waals surface area contributed by atoms with Crippen molar-refractivity contribution in [3.63, 3.8) is 0 Å². The maximum atomic E-state index is 13.5. The van der Waals surface area contributed by atoms with Gasteiger partial charge in [-0.05, 0) is 43.4 Å². The summed E-state index contributed by atoms with van der Waals surface area (Å²) >= 11 is 12.2. The molecule has 1 spiro atoms. The van der Waals surface area contributed by atoms with E-state index < -0.39 is 42.4 Å². The van der Waals surface area contributed by atoms with Crippen LogP contribution in [0.1, 0.15) is 25.0 Å². The number of alkyl halides is 6. The zero-order valence-corrected chi connectivity index (χ0v) is 19.1. The van der Waals surface area contributed by atoms with Crippen molar-refractivity contribution in [3.8, 4) is 0 Å². The lowest BCUT2D eigenvalue weighted by Crippen LogP contribution is -2.52. The number of amides is 1. The normalized spacial score (nSPS) is 21.8. The van der Waals surface area contributed by atoms with E-state index in [4.69, 9.17) is 23.2 Å². The number of carboxylic acid groups (broad SMARTS) is 1. The number of nitrogens with zero attached hydrogens (tertiary/aromatic N) is 2. The Labute approximate surface area is 200 Å². The fourth-order valence-electron chi connectivity index (χ4n) is 5.48. The largest absolute Gasteiger partial charge is 0.465 e. The second-order valence-corrected chi connectivity index (χ2v) is 9.89. The third kappa shape index (κ3) is 4.79. The summed E-state index contributed by atoms with van der Waals surface area (Å²) in [5.74, 6) is -5.14. The maximum Gasteiger partial charge on any atom is 0.407 e. The van der Waals surface area contributed by atoms with Gasteiger partial charge in [-0.15, -0.1) is 0 Å². The van der Waals surface area contributed by atoms with Gasteiger partial charge < -0.3 is 15.0 Å². The van der Waals surface area contributed by atoms with E-state index >= 15 is 0 Å². The van der Waals surface area contributed by atoms with Crippen LogP contribution in [0.25, 0.3) is 10.9 Å². The number of nitrogens with one attached hydrogen (secondary N) is 1. The Morgan fingerprint density at radius 3 is 2.29 bits per heavy atom. The van der Waals surface area contributed by atoms with Crippen LogP contribution in [0.15, 0.2) is 18.2 Å². The number of halogens is 8. The zero-order chi connectivity index (χ0) is 25.1. The molecule has 2 fully saturated rings. The fourth-order valence-corrected chi connectivity index (χ4v) is 6.03. The van der Waals surface area contributed by atoms with E-state index in [-0.39, 0.29) is 38.9 Å². The van der Waals surface area contributed by atoms with Crippen LogP contribution in [-0.2, 0) is 6.54 Å². The summed E-state index contributed by atoms with van der Waals surface area (Å²) in [6, 6.07) is 4.87. The molecule has 1 amide bonds. The number of aromatic nitrogens is 1. The van der Waals surface area contributed by atoms with E-state index in [2.05, 4.69) is 4.98 Å². The Hall–Kier alpha value is -1.85. The topological polar surface area (TPSA) is 59.6 Å². The first-order chi connectivity index (χ1) is 15.7. The van der Waals surface area contributed by atoms with Crippen molar-refractivity contribution in [2.45, 2.75) is 43.7 Å². The number of carbonyl (C=O) groups is 1. The number of piperidine rings is 1. The molecule has 0 aliphatic carbocycles. The highest BCUT2D eigenvalue weighted by Crippen LogP contribution is 2.52. The molecule has 13 heteroatoms. The van der Waals surface area contributed by atoms with Crippen LogP contribution in [0.2, 0.25) is 10.0 Å². The third-order valence-corrected chi connectivity index (χ3v) is 7.51. The lowest BCUT2D eigenvalue weighted by molar-refractivity contribution is -0.297. The van der Waals surface area contributed by atoms with E-state index in [1.165, 1.54) is 6.07 Å². The van der Waals surface area contributed by atoms with Gasteiger partial charge in [0.15, 0.2) is 5.92 Å². The SMILES string of the molecule is O=C(O)N1CCC2(CC1)CC(C(C(F)(F)F)C(F)(F)F)CN2Cc1cc2c(Cl)cc(Cl)cc2[nH]1. The molecule has 188 valence electrons. The summed E-state index contributed by atoms with van der Waals surface area (Å²) in [5, 5.41) is 10.6. The lowest BCUT2D eigenvalue weighted by atomic mass is 9.79. The third-order valence-electron chi connectivity index (χ3n) is 6.98. The van der Waals surface area contributed by atoms with E-state index in [9.17, 15) is 36.2 Å². The molecule has 2 aliphatic heterocycles. The van der Waals surface area contributed by atoms with Gasteiger partial charge in [0.05, 0.1) is 5.02 Å². The first kappa shape index (κ1) is 25.2. The Morgan fingerprint density at radius 2 is 1.74 bits per heavy atom. The van der Waals surface area contributed by atoms with Crippen LogP contribution >= 0.6 is 23.2 Å². The summed E-state index contributed by atoms with van der Waals surface area (Å²) in [4.78, 5) is 17.2. The number of fused-ring (bicyclic) bond motifs is 1. The molecule has 1 aromatic carbocycles. The number of hydrogen-bond donors (Lipinski definition) is 2. The first-order valence-electron chi connectivity index (χ1n) is 10.5. The molecule has 34 heavy (non-hydrogen) atoms. The number of rotatable bonds is 3. The molecule has 1 atom stereocenters. The van der Waals surface area contributed by atoms with Crippen LogP contribution in [0, 0.1) is 11.8 Å². The molecule has 2 aromatic rings. The van der Waals surface area contributed by atoms with Gasteiger partial charge in [-0.2, -0.15) is 26.3 Å². The monoisotopic (exact) mass is 531 g/mol. The van der Waals surface area contributed by atoms with E-state index in [0.717, 1.165) is 4.90 Å². The minimum atomic E-state index is -5.44. The molecular weight excluding hydrogens is 511 g/mol. The second kappa shape index (κ2) is 8.67. The quantitative estimate of drug-likeness (QED) is 0.441. The highest BCUT2D eigenvalue weighted by Gasteiger charge is 2.63. The van der Waals surface area contributed by atoms with Gasteiger partial charge in [0, 0.05) is 53.3 Å². The van der Waals surface area contributed by atoms with Crippen molar-refractivity contribution in [3.05, 3.63) is 33.9 Å². The number of aromatic amines is 1. The van der Waals surface area contributed by atoms with Crippen LogP contribution < -0.4 is 0 Å². The molecule has 0 radical (unpaired) electrons. The molecule has 5 nitrogen and oxygen atoms in total. The van der Waals surface area contributed by atoms with Gasteiger partial charge in [-0.25, -0.2) is 4.79 Å². The summed E-state index contributed by atoms with van der Waals surface area (Å²) in [5.41, 5.74) is 0.182. The molecule has 1 unspecified atom stereocenters. The van der Waals surface area contributed by atoms with Crippen molar-refractivity contribution in [1.82, 2.24) is 14.8 Å². The van der Waals surface area contributed by atoms with Crippen molar-refractivity contribution >= 4 is 40.2 Å². The average molecular weight is 532 g/mol. The van der Waals surface area contributed by atoms with Gasteiger partial charge in [0.1, 0.15) is 0 Å². The molecular formula is C21H21Cl2F6N3O2. The van der Waals surface area contributed by atoms with Crippen molar-refractivity contribution in [2.24, 2.45) is 11.8 Å². The lowest BCUT2D eigenvalue weighted by Gasteiger charge is -2.44. The maximum absolute atomic E-state index is 13.5. The van der Waals surface area contributed by atoms with Crippen molar-refractivity contribution in [2.75, 3.05) is 19.6 Å². The highest BCUT2D eigenvalue weighted by atomic mass is 35.5. The zero-order valence-electron chi connectivity index (χ0n) is 17.6. The minimum absolute atomic E-state index is 0.0371. The molecule has 2 aliphatic rings. The Balaban J connectivity index is 1.67. The predicted octanol–water partition coefficient (Wildman–Crippen LogP) is 6.55. The highest BCUT2D eigenvalue weighted by molar-refractivity contribution is 6.38. The predicted molar refractivity (Wildman–Crippen MR) is 114 cm³/mol. The molecule has 0 saturated carbocycles. The number of benzene rings is 1. The average Bonchev–Trinajstić information content (AvgIpc) is 3.21. The summed E-state index contributed by atoms with van der Waals surface area (Å²) in [7, 11) is 0. The molecule has 0 bridgehead atoms. The minimum Gasteiger partial charge on any atom is -0.465 e. The molecule has 2 saturated heterocycles. The van der Waals surface area contributed by atoms with E-state index in [1.54, 1.807) is 17.0 Å². The summed E-state index contributed by atoms with van der Waals surface area (Å²) in [6.07, 6.45) is -12.1. The fraction of sp³-hybridized carbons (Fsp3) is 0.571. The number of likely N-dealkylation sites (tertiary alicyclic amines) is 2. The van der Waals surface area contributed by atoms with Crippen molar-refractivity contribution in [1.29, 1.82) is 0 Å². The summed E-state index contributed by atoms with van der Waals surface area (Å²) in [6.45, 7) is -0.278. The summed E-state index contributed by atoms with van der Waals surface area (Å²) < 4.78 is 81.1. The standard InChI is InChI=1S/C21H21Cl2F6N3O2/c22-12-5-15(23)14-7-13(30-16(14)6-12)10-32-9-11(17(20(24,25)26)21(27,28)29)8-19(32)1-3-31(4-2-19)18(33)34/h5-7,11,17,30H,1-4,8-10H2,(H,33,34). The van der Waals surface area contributed by atoms with Gasteiger partial charge in [0.25, 0.3) is 0 Å². The number of hydrogen-bond acceptors (Lipinski definition) is 2. The van der Waals surface area contributed by atoms with E-state index in [1.807, 2.05) is 0 Å². The van der Waals surface area contributed by atoms with Crippen LogP contribution in [0.5, 0.6) is 0 Å². The van der Waals surface area contributed by atoms with Crippen LogP contribution in [-0.4, -0.2) is 63.5 Å². The molecule has 2 N–H and O–H groups in total. The van der Waals surface area contributed by atoms with Crippen LogP contribution in [0.4, 0.5) is 31.1 Å². The number of H-pyrrole nitrogens is 1. The smallest absolute Gasteiger partial charge is 0.407 e. The Bertz CT molecular complexity index is 1060. The van der Waals surface area contributed by atoms with Crippen LogP contribution in [0.3, 0.4) is 0 Å². The molecule has 4 rings (SSSR count). The molecule has 3 heterocycles. The second-order valence-electron chi connectivity index (χ2n) is 9.04. The Morgan fingerprint density at radius 1 is 1.12 bits per heavy atom. The van der Waals surface area contributed by atoms with E-state index in [0.29, 0.717) is 26.6 Å². The van der Waals surface area contributed by atoms with Gasteiger partial charge in [-0.3, -0.25) is 4.90 Å².